The molecular weight excluding hydrogens is 306 g/mol. The fourth-order valence-electron chi connectivity index (χ4n) is 2.04. The van der Waals surface area contributed by atoms with Crippen LogP contribution in [0.3, 0.4) is 0 Å². The topological polar surface area (TPSA) is 38.3 Å². The van der Waals surface area contributed by atoms with Crippen LogP contribution < -0.4 is 5.32 Å². The minimum absolute atomic E-state index is 0.188. The molecule has 118 valence electrons. The van der Waals surface area contributed by atoms with Crippen LogP contribution in [0, 0.1) is 0 Å². The Labute approximate surface area is 136 Å². The highest BCUT2D eigenvalue weighted by molar-refractivity contribution is 7.99. The molecule has 0 spiro atoms. The van der Waals surface area contributed by atoms with Gasteiger partial charge in [0.2, 0.25) is 0 Å². The molecule has 21 heavy (non-hydrogen) atoms. The number of hydrogen-bond donors (Lipinski definition) is 1. The number of ether oxygens (including phenoxy) is 1. The van der Waals surface area contributed by atoms with E-state index in [-0.39, 0.29) is 5.97 Å². The first-order chi connectivity index (χ1) is 10.0. The molecule has 1 aromatic carbocycles. The van der Waals surface area contributed by atoms with Crippen LogP contribution in [0.15, 0.2) is 29.2 Å². The van der Waals surface area contributed by atoms with Crippen molar-refractivity contribution in [3.8, 4) is 0 Å². The summed E-state index contributed by atoms with van der Waals surface area (Å²) in [4.78, 5) is 13.1. The zero-order valence-electron chi connectivity index (χ0n) is 12.9. The predicted octanol–water partition coefficient (Wildman–Crippen LogP) is 4.14. The van der Waals surface area contributed by atoms with Crippen molar-refractivity contribution in [2.24, 2.45) is 0 Å². The van der Waals surface area contributed by atoms with Gasteiger partial charge in [0.05, 0.1) is 7.11 Å². The molecule has 1 unspecified atom stereocenters. The molecule has 0 radical (unpaired) electrons. The standard InChI is InChI=1S/C16H24ClNO2S/c1-4-11-18-16(2,15(19)20-3)10-5-12-21-14-8-6-13(17)7-9-14/h6-9,18H,4-5,10-12H2,1-3H3. The number of halogens is 1. The monoisotopic (exact) mass is 329 g/mol. The molecular formula is C16H24ClNO2S. The van der Waals surface area contributed by atoms with Crippen molar-refractivity contribution >= 4 is 29.3 Å². The van der Waals surface area contributed by atoms with E-state index >= 15 is 0 Å². The lowest BCUT2D eigenvalue weighted by atomic mass is 9.96. The van der Waals surface area contributed by atoms with Gasteiger partial charge in [-0.25, -0.2) is 0 Å². The second kappa shape index (κ2) is 9.34. The smallest absolute Gasteiger partial charge is 0.325 e. The first kappa shape index (κ1) is 18.3. The molecule has 5 heteroatoms. The number of carbonyl (C=O) groups is 1. The first-order valence-corrected chi connectivity index (χ1v) is 8.60. The highest BCUT2D eigenvalue weighted by Crippen LogP contribution is 2.23. The van der Waals surface area contributed by atoms with Crippen LogP contribution in [-0.4, -0.2) is 30.9 Å². The van der Waals surface area contributed by atoms with Gasteiger partial charge < -0.3 is 10.1 Å². The lowest BCUT2D eigenvalue weighted by molar-refractivity contribution is -0.148. The average Bonchev–Trinajstić information content (AvgIpc) is 2.50. The van der Waals surface area contributed by atoms with Gasteiger partial charge in [-0.2, -0.15) is 0 Å². The van der Waals surface area contributed by atoms with E-state index in [0.717, 1.165) is 36.6 Å². The molecule has 1 N–H and O–H groups in total. The van der Waals surface area contributed by atoms with Crippen LogP contribution in [0.5, 0.6) is 0 Å². The first-order valence-electron chi connectivity index (χ1n) is 7.23. The number of rotatable bonds is 9. The van der Waals surface area contributed by atoms with Crippen LogP contribution in [0.2, 0.25) is 5.02 Å². The van der Waals surface area contributed by atoms with Crippen LogP contribution in [0.25, 0.3) is 0 Å². The largest absolute Gasteiger partial charge is 0.468 e. The van der Waals surface area contributed by atoms with Crippen LogP contribution >= 0.6 is 23.4 Å². The number of benzene rings is 1. The van der Waals surface area contributed by atoms with Gasteiger partial charge in [-0.1, -0.05) is 18.5 Å². The quantitative estimate of drug-likeness (QED) is 0.420. The summed E-state index contributed by atoms with van der Waals surface area (Å²) in [5.41, 5.74) is -0.592. The zero-order valence-corrected chi connectivity index (χ0v) is 14.5. The molecule has 0 aliphatic heterocycles. The Morgan fingerprint density at radius 3 is 2.62 bits per heavy atom. The Balaban J connectivity index is 2.42. The molecule has 0 saturated heterocycles. The molecule has 0 aromatic heterocycles. The van der Waals surface area contributed by atoms with Gasteiger partial charge in [0.15, 0.2) is 0 Å². The zero-order chi connectivity index (χ0) is 15.7. The van der Waals surface area contributed by atoms with E-state index in [1.54, 1.807) is 11.8 Å². The molecule has 0 fully saturated rings. The third-order valence-corrected chi connectivity index (χ3v) is 4.65. The minimum Gasteiger partial charge on any atom is -0.468 e. The summed E-state index contributed by atoms with van der Waals surface area (Å²) in [6.07, 6.45) is 2.70. The Hall–Kier alpha value is -0.710. The predicted molar refractivity (Wildman–Crippen MR) is 90.1 cm³/mol. The molecule has 1 atom stereocenters. The summed E-state index contributed by atoms with van der Waals surface area (Å²) in [6, 6.07) is 7.82. The van der Waals surface area contributed by atoms with E-state index < -0.39 is 5.54 Å². The summed E-state index contributed by atoms with van der Waals surface area (Å²) in [5.74, 6) is 0.773. The van der Waals surface area contributed by atoms with E-state index in [0.29, 0.717) is 0 Å². The Morgan fingerprint density at radius 1 is 1.38 bits per heavy atom. The lowest BCUT2D eigenvalue weighted by Gasteiger charge is -2.28. The van der Waals surface area contributed by atoms with Gasteiger partial charge in [-0.05, 0) is 62.7 Å². The van der Waals surface area contributed by atoms with Gasteiger partial charge >= 0.3 is 5.97 Å². The van der Waals surface area contributed by atoms with Crippen LogP contribution in [0.1, 0.15) is 33.1 Å². The summed E-state index contributed by atoms with van der Waals surface area (Å²) in [7, 11) is 1.44. The second-order valence-electron chi connectivity index (χ2n) is 5.16. The average molecular weight is 330 g/mol. The Bertz CT molecular complexity index is 438. The number of methoxy groups -OCH3 is 1. The normalized spacial score (nSPS) is 13.7. The summed E-state index contributed by atoms with van der Waals surface area (Å²) < 4.78 is 4.92. The Morgan fingerprint density at radius 2 is 2.05 bits per heavy atom. The number of carbonyl (C=O) groups excluding carboxylic acids is 1. The van der Waals surface area contributed by atoms with Crippen molar-refractivity contribution in [2.45, 2.75) is 43.5 Å². The summed E-state index contributed by atoms with van der Waals surface area (Å²) in [6.45, 7) is 4.82. The summed E-state index contributed by atoms with van der Waals surface area (Å²) >= 11 is 7.64. The van der Waals surface area contributed by atoms with Gasteiger partial charge in [-0.3, -0.25) is 4.79 Å². The van der Waals surface area contributed by atoms with E-state index in [4.69, 9.17) is 16.3 Å². The maximum atomic E-state index is 11.9. The van der Waals surface area contributed by atoms with Gasteiger partial charge in [0.1, 0.15) is 5.54 Å². The van der Waals surface area contributed by atoms with E-state index in [1.807, 2.05) is 31.2 Å². The van der Waals surface area contributed by atoms with Crippen molar-refractivity contribution in [1.82, 2.24) is 5.32 Å². The van der Waals surface area contributed by atoms with Crippen molar-refractivity contribution in [3.63, 3.8) is 0 Å². The molecule has 0 aliphatic rings. The molecule has 1 rings (SSSR count). The SMILES string of the molecule is CCCNC(C)(CCCSc1ccc(Cl)cc1)C(=O)OC. The van der Waals surface area contributed by atoms with Crippen molar-refractivity contribution < 1.29 is 9.53 Å². The van der Waals surface area contributed by atoms with E-state index in [9.17, 15) is 4.79 Å². The van der Waals surface area contributed by atoms with Crippen molar-refractivity contribution in [1.29, 1.82) is 0 Å². The highest BCUT2D eigenvalue weighted by atomic mass is 35.5. The molecule has 1 aromatic rings. The van der Waals surface area contributed by atoms with Crippen molar-refractivity contribution in [2.75, 3.05) is 19.4 Å². The molecule has 0 heterocycles. The van der Waals surface area contributed by atoms with Crippen LogP contribution in [-0.2, 0) is 9.53 Å². The number of nitrogens with one attached hydrogen (secondary N) is 1. The molecule has 0 aliphatic carbocycles. The maximum absolute atomic E-state index is 11.9. The van der Waals surface area contributed by atoms with Gasteiger partial charge in [0, 0.05) is 9.92 Å². The number of hydrogen-bond acceptors (Lipinski definition) is 4. The van der Waals surface area contributed by atoms with E-state index in [2.05, 4.69) is 12.2 Å². The third-order valence-electron chi connectivity index (χ3n) is 3.30. The number of thioether (sulfide) groups is 1. The second-order valence-corrected chi connectivity index (χ2v) is 6.76. The summed E-state index contributed by atoms with van der Waals surface area (Å²) in [5, 5.41) is 4.05. The van der Waals surface area contributed by atoms with Crippen molar-refractivity contribution in [3.05, 3.63) is 29.3 Å². The van der Waals surface area contributed by atoms with Gasteiger partial charge in [-0.15, -0.1) is 11.8 Å². The molecule has 3 nitrogen and oxygen atoms in total. The maximum Gasteiger partial charge on any atom is 0.325 e. The highest BCUT2D eigenvalue weighted by Gasteiger charge is 2.32. The molecule has 0 bridgehead atoms. The molecule has 0 saturated carbocycles. The fourth-order valence-corrected chi connectivity index (χ4v) is 3.01. The fraction of sp³-hybridized carbons (Fsp3) is 0.562. The van der Waals surface area contributed by atoms with Gasteiger partial charge in [0.25, 0.3) is 0 Å². The Kier molecular flexibility index (Phi) is 8.15. The van der Waals surface area contributed by atoms with Crippen LogP contribution in [0.4, 0.5) is 0 Å². The molecule has 0 amide bonds. The lowest BCUT2D eigenvalue weighted by Crippen LogP contribution is -2.50. The third kappa shape index (κ3) is 6.29. The number of esters is 1. The van der Waals surface area contributed by atoms with E-state index in [1.165, 1.54) is 12.0 Å². The minimum atomic E-state index is -0.592.